The maximum atomic E-state index is 8.75. The van der Waals surface area contributed by atoms with Crippen molar-refractivity contribution in [3.63, 3.8) is 0 Å². The van der Waals surface area contributed by atoms with Crippen molar-refractivity contribution in [2.75, 3.05) is 5.32 Å². The molecule has 0 radical (unpaired) electrons. The van der Waals surface area contributed by atoms with Gasteiger partial charge in [-0.1, -0.05) is 26.0 Å². The third-order valence-corrected chi connectivity index (χ3v) is 3.04. The Morgan fingerprint density at radius 2 is 1.75 bits per heavy atom. The minimum Gasteiger partial charge on any atom is -0.349 e. The van der Waals surface area contributed by atoms with Crippen molar-refractivity contribution in [3.8, 4) is 6.07 Å². The summed E-state index contributed by atoms with van der Waals surface area (Å²) in [5.41, 5.74) is 3.68. The van der Waals surface area contributed by atoms with E-state index >= 15 is 0 Å². The molecule has 1 aromatic heterocycles. The summed E-state index contributed by atoms with van der Waals surface area (Å²) in [6.45, 7) is 4.73. The SMILES string of the molecule is CCc1nnc(NCc2ccc(C#N)cc2)nc1CC. The van der Waals surface area contributed by atoms with Crippen LogP contribution in [0.15, 0.2) is 24.3 Å². The molecule has 5 nitrogen and oxygen atoms in total. The molecule has 0 unspecified atom stereocenters. The minimum absolute atomic E-state index is 0.545. The van der Waals surface area contributed by atoms with Crippen molar-refractivity contribution < 1.29 is 0 Å². The number of hydrogen-bond acceptors (Lipinski definition) is 5. The van der Waals surface area contributed by atoms with Crippen LogP contribution in [-0.4, -0.2) is 15.2 Å². The molecule has 0 aliphatic heterocycles. The van der Waals surface area contributed by atoms with Gasteiger partial charge in [0.2, 0.25) is 5.95 Å². The van der Waals surface area contributed by atoms with Crippen LogP contribution in [-0.2, 0) is 19.4 Å². The van der Waals surface area contributed by atoms with Crippen LogP contribution in [0.5, 0.6) is 0 Å². The second-order valence-electron chi connectivity index (χ2n) is 4.40. The van der Waals surface area contributed by atoms with Crippen LogP contribution in [0.3, 0.4) is 0 Å². The molecule has 0 aliphatic carbocycles. The van der Waals surface area contributed by atoms with Crippen molar-refractivity contribution in [3.05, 3.63) is 46.8 Å². The number of nitrogens with one attached hydrogen (secondary N) is 1. The molecule has 2 aromatic rings. The zero-order valence-electron chi connectivity index (χ0n) is 11.7. The normalized spacial score (nSPS) is 10.1. The van der Waals surface area contributed by atoms with Gasteiger partial charge < -0.3 is 5.32 Å². The highest BCUT2D eigenvalue weighted by Crippen LogP contribution is 2.09. The maximum absolute atomic E-state index is 8.75. The monoisotopic (exact) mass is 267 g/mol. The average molecular weight is 267 g/mol. The molecule has 1 heterocycles. The number of rotatable bonds is 5. The minimum atomic E-state index is 0.545. The third-order valence-electron chi connectivity index (χ3n) is 3.04. The Hall–Kier alpha value is -2.48. The van der Waals surface area contributed by atoms with E-state index in [0.717, 1.165) is 29.8 Å². The summed E-state index contributed by atoms with van der Waals surface area (Å²) < 4.78 is 0. The molecule has 0 bridgehead atoms. The van der Waals surface area contributed by atoms with Crippen LogP contribution in [0.1, 0.15) is 36.4 Å². The zero-order valence-corrected chi connectivity index (χ0v) is 11.7. The summed E-state index contributed by atoms with van der Waals surface area (Å²) in [5, 5.41) is 20.2. The number of benzene rings is 1. The van der Waals surface area contributed by atoms with E-state index in [1.807, 2.05) is 12.1 Å². The lowest BCUT2D eigenvalue weighted by Crippen LogP contribution is -2.09. The van der Waals surface area contributed by atoms with Crippen molar-refractivity contribution in [2.24, 2.45) is 0 Å². The Kier molecular flexibility index (Phi) is 4.61. The van der Waals surface area contributed by atoms with E-state index in [4.69, 9.17) is 5.26 Å². The number of nitriles is 1. The number of anilines is 1. The molecule has 0 saturated carbocycles. The van der Waals surface area contributed by atoms with Gasteiger partial charge in [0, 0.05) is 6.54 Å². The lowest BCUT2D eigenvalue weighted by Gasteiger charge is -2.07. The van der Waals surface area contributed by atoms with E-state index in [1.165, 1.54) is 0 Å². The van der Waals surface area contributed by atoms with Gasteiger partial charge in [0.15, 0.2) is 0 Å². The molecule has 102 valence electrons. The highest BCUT2D eigenvalue weighted by Gasteiger charge is 2.05. The second-order valence-corrected chi connectivity index (χ2v) is 4.40. The van der Waals surface area contributed by atoms with Crippen LogP contribution < -0.4 is 5.32 Å². The van der Waals surface area contributed by atoms with E-state index in [9.17, 15) is 0 Å². The molecule has 0 fully saturated rings. The Labute approximate surface area is 118 Å². The first-order valence-electron chi connectivity index (χ1n) is 6.72. The fourth-order valence-corrected chi connectivity index (χ4v) is 1.89. The molecule has 0 atom stereocenters. The summed E-state index contributed by atoms with van der Waals surface area (Å²) >= 11 is 0. The van der Waals surface area contributed by atoms with Gasteiger partial charge in [-0.15, -0.1) is 5.10 Å². The van der Waals surface area contributed by atoms with Gasteiger partial charge in [-0.2, -0.15) is 10.4 Å². The van der Waals surface area contributed by atoms with E-state index < -0.39 is 0 Å². The van der Waals surface area contributed by atoms with Crippen molar-refractivity contribution in [1.29, 1.82) is 5.26 Å². The molecule has 1 N–H and O–H groups in total. The van der Waals surface area contributed by atoms with Gasteiger partial charge in [0.25, 0.3) is 0 Å². The van der Waals surface area contributed by atoms with Crippen LogP contribution >= 0.6 is 0 Å². The molecule has 20 heavy (non-hydrogen) atoms. The summed E-state index contributed by atoms with van der Waals surface area (Å²) in [5.74, 6) is 0.545. The van der Waals surface area contributed by atoms with E-state index in [2.05, 4.69) is 40.4 Å². The van der Waals surface area contributed by atoms with Crippen LogP contribution in [0, 0.1) is 11.3 Å². The third kappa shape index (κ3) is 3.29. The topological polar surface area (TPSA) is 74.5 Å². The smallest absolute Gasteiger partial charge is 0.243 e. The van der Waals surface area contributed by atoms with Crippen LogP contribution in [0.4, 0.5) is 5.95 Å². The fraction of sp³-hybridized carbons (Fsp3) is 0.333. The average Bonchev–Trinajstić information content (AvgIpc) is 2.53. The predicted molar refractivity (Wildman–Crippen MR) is 77.1 cm³/mol. The van der Waals surface area contributed by atoms with Crippen LogP contribution in [0.25, 0.3) is 0 Å². The number of aryl methyl sites for hydroxylation is 2. The zero-order chi connectivity index (χ0) is 14.4. The van der Waals surface area contributed by atoms with Gasteiger partial charge >= 0.3 is 0 Å². The van der Waals surface area contributed by atoms with E-state index in [-0.39, 0.29) is 0 Å². The van der Waals surface area contributed by atoms with Gasteiger partial charge in [-0.25, -0.2) is 4.98 Å². The first-order valence-corrected chi connectivity index (χ1v) is 6.72. The van der Waals surface area contributed by atoms with Crippen molar-refractivity contribution >= 4 is 5.95 Å². The Balaban J connectivity index is 2.05. The predicted octanol–water partition coefficient (Wildman–Crippen LogP) is 2.48. The number of aromatic nitrogens is 3. The molecule has 0 saturated heterocycles. The molecule has 1 aromatic carbocycles. The maximum Gasteiger partial charge on any atom is 0.243 e. The fourth-order valence-electron chi connectivity index (χ4n) is 1.89. The quantitative estimate of drug-likeness (QED) is 0.900. The standard InChI is InChI=1S/C15H17N5/c1-3-13-14(4-2)19-20-15(18-13)17-10-12-7-5-11(9-16)6-8-12/h5-8H,3-4,10H2,1-2H3,(H,17,18,20). The lowest BCUT2D eigenvalue weighted by atomic mass is 10.1. The second kappa shape index (κ2) is 6.62. The highest BCUT2D eigenvalue weighted by atomic mass is 15.2. The Morgan fingerprint density at radius 3 is 2.35 bits per heavy atom. The number of hydrogen-bond donors (Lipinski definition) is 1. The van der Waals surface area contributed by atoms with Gasteiger partial charge in [0.05, 0.1) is 23.0 Å². The van der Waals surface area contributed by atoms with Crippen LogP contribution in [0.2, 0.25) is 0 Å². The summed E-state index contributed by atoms with van der Waals surface area (Å²) in [6, 6.07) is 9.53. The molecule has 5 heteroatoms. The first-order chi connectivity index (χ1) is 9.76. The van der Waals surface area contributed by atoms with Gasteiger partial charge in [0.1, 0.15) is 0 Å². The lowest BCUT2D eigenvalue weighted by molar-refractivity contribution is 0.819. The Morgan fingerprint density at radius 1 is 1.05 bits per heavy atom. The van der Waals surface area contributed by atoms with Crippen molar-refractivity contribution in [1.82, 2.24) is 15.2 Å². The first kappa shape index (κ1) is 13.9. The summed E-state index contributed by atoms with van der Waals surface area (Å²) in [7, 11) is 0. The largest absolute Gasteiger partial charge is 0.349 e. The molecule has 0 amide bonds. The van der Waals surface area contributed by atoms with Crippen molar-refractivity contribution in [2.45, 2.75) is 33.2 Å². The van der Waals surface area contributed by atoms with Gasteiger partial charge in [-0.05, 0) is 30.5 Å². The molecular formula is C15H17N5. The molecule has 2 rings (SSSR count). The molecule has 0 spiro atoms. The van der Waals surface area contributed by atoms with Gasteiger partial charge in [-0.3, -0.25) is 0 Å². The van der Waals surface area contributed by atoms with E-state index in [0.29, 0.717) is 18.1 Å². The van der Waals surface area contributed by atoms with E-state index in [1.54, 1.807) is 12.1 Å². The number of nitrogens with zero attached hydrogens (tertiary/aromatic N) is 4. The summed E-state index contributed by atoms with van der Waals surface area (Å²) in [4.78, 5) is 4.47. The molecule has 0 aliphatic rings. The highest BCUT2D eigenvalue weighted by molar-refractivity contribution is 5.34. The Bertz CT molecular complexity index is 613. The summed E-state index contributed by atoms with van der Waals surface area (Å²) in [6.07, 6.45) is 1.70. The molecular weight excluding hydrogens is 250 g/mol.